The van der Waals surface area contributed by atoms with E-state index >= 15 is 0 Å². The first kappa shape index (κ1) is 19.2. The highest BCUT2D eigenvalue weighted by atomic mass is 16.4. The number of nitrogen functional groups attached to an aromatic ring is 1. The summed E-state index contributed by atoms with van der Waals surface area (Å²) in [6, 6.07) is 7.19. The number of carbonyl (C=O) groups is 2. The van der Waals surface area contributed by atoms with Crippen molar-refractivity contribution in [1.29, 1.82) is 0 Å². The van der Waals surface area contributed by atoms with Gasteiger partial charge in [-0.3, -0.25) is 4.79 Å². The minimum Gasteiger partial charge on any atom is -0.507 e. The molecule has 0 saturated carbocycles. The lowest BCUT2D eigenvalue weighted by Crippen LogP contribution is -2.48. The standard InChI is InChI=1S/C16H18BN3O6/c18-13-6-9(4-5-19-13)7-14(21)20-12(17(25)26)8-10-2-1-3-11(15(10)22)16(23)24/h1-6,12,22,25-26H,7-8H2,(H2,18,19)(H,20,21)(H,23,24)/t12-/m0/s1. The Balaban J connectivity index is 2.11. The number of aromatic carboxylic acids is 1. The molecule has 1 atom stereocenters. The van der Waals surface area contributed by atoms with Crippen LogP contribution in [-0.4, -0.2) is 50.2 Å². The number of benzene rings is 1. The van der Waals surface area contributed by atoms with Crippen LogP contribution >= 0.6 is 0 Å². The summed E-state index contributed by atoms with van der Waals surface area (Å²) >= 11 is 0. The minimum absolute atomic E-state index is 0.0584. The molecule has 1 amide bonds. The van der Waals surface area contributed by atoms with Crippen molar-refractivity contribution in [2.75, 3.05) is 5.73 Å². The smallest absolute Gasteiger partial charge is 0.475 e. The van der Waals surface area contributed by atoms with E-state index in [0.717, 1.165) is 0 Å². The van der Waals surface area contributed by atoms with Gasteiger partial charge in [-0.1, -0.05) is 12.1 Å². The number of phenols is 1. The summed E-state index contributed by atoms with van der Waals surface area (Å²) in [5.41, 5.74) is 5.99. The molecule has 1 aromatic carbocycles. The van der Waals surface area contributed by atoms with E-state index in [1.807, 2.05) is 0 Å². The molecule has 26 heavy (non-hydrogen) atoms. The highest BCUT2D eigenvalue weighted by molar-refractivity contribution is 6.43. The number of para-hydroxylation sites is 1. The van der Waals surface area contributed by atoms with Crippen LogP contribution in [0.5, 0.6) is 5.75 Å². The van der Waals surface area contributed by atoms with Crippen molar-refractivity contribution in [2.45, 2.75) is 18.8 Å². The molecular formula is C16H18BN3O6. The molecule has 2 rings (SSSR count). The van der Waals surface area contributed by atoms with Crippen molar-refractivity contribution in [3.05, 3.63) is 53.2 Å². The second-order valence-electron chi connectivity index (χ2n) is 5.68. The van der Waals surface area contributed by atoms with Gasteiger partial charge in [0.2, 0.25) is 5.91 Å². The Bertz CT molecular complexity index is 814. The first-order valence-electron chi connectivity index (χ1n) is 7.68. The molecule has 0 fully saturated rings. The molecule has 1 heterocycles. The summed E-state index contributed by atoms with van der Waals surface area (Å²) in [7, 11) is -1.91. The Morgan fingerprint density at radius 2 is 2.00 bits per heavy atom. The maximum Gasteiger partial charge on any atom is 0.475 e. The summed E-state index contributed by atoms with van der Waals surface area (Å²) in [5.74, 6) is -3.18. The highest BCUT2D eigenvalue weighted by Crippen LogP contribution is 2.24. The molecule has 136 valence electrons. The molecule has 0 aliphatic heterocycles. The van der Waals surface area contributed by atoms with Crippen molar-refractivity contribution in [1.82, 2.24) is 10.3 Å². The number of carboxylic acids is 1. The fourth-order valence-electron chi connectivity index (χ4n) is 2.44. The molecule has 7 N–H and O–H groups in total. The molecule has 0 spiro atoms. The largest absolute Gasteiger partial charge is 0.507 e. The van der Waals surface area contributed by atoms with Gasteiger partial charge in [0.15, 0.2) is 0 Å². The van der Waals surface area contributed by atoms with E-state index in [1.165, 1.54) is 30.5 Å². The molecule has 0 radical (unpaired) electrons. The average Bonchev–Trinajstić information content (AvgIpc) is 2.55. The van der Waals surface area contributed by atoms with Gasteiger partial charge in [-0.15, -0.1) is 0 Å². The van der Waals surface area contributed by atoms with Gasteiger partial charge in [0.25, 0.3) is 0 Å². The van der Waals surface area contributed by atoms with Crippen molar-refractivity contribution in [2.24, 2.45) is 0 Å². The first-order chi connectivity index (χ1) is 12.3. The second kappa shape index (κ2) is 8.32. The molecule has 0 aliphatic carbocycles. The Morgan fingerprint density at radius 1 is 1.27 bits per heavy atom. The van der Waals surface area contributed by atoms with E-state index in [1.54, 1.807) is 6.07 Å². The average molecular weight is 359 g/mol. The Hall–Kier alpha value is -3.11. The second-order valence-corrected chi connectivity index (χ2v) is 5.68. The molecule has 0 unspecified atom stereocenters. The van der Waals surface area contributed by atoms with Crippen LogP contribution in [0.25, 0.3) is 0 Å². The molecular weight excluding hydrogens is 341 g/mol. The van der Waals surface area contributed by atoms with Crippen LogP contribution in [0.2, 0.25) is 0 Å². The van der Waals surface area contributed by atoms with E-state index in [-0.39, 0.29) is 29.8 Å². The molecule has 1 aromatic heterocycles. The van der Waals surface area contributed by atoms with Gasteiger partial charge in [0.1, 0.15) is 17.1 Å². The van der Waals surface area contributed by atoms with Crippen LogP contribution in [0.15, 0.2) is 36.5 Å². The van der Waals surface area contributed by atoms with Crippen LogP contribution in [0.1, 0.15) is 21.5 Å². The molecule has 0 aliphatic rings. The number of carbonyl (C=O) groups excluding carboxylic acids is 1. The number of nitrogens with zero attached hydrogens (tertiary/aromatic N) is 1. The number of anilines is 1. The van der Waals surface area contributed by atoms with E-state index in [9.17, 15) is 24.7 Å². The maximum absolute atomic E-state index is 12.1. The fraction of sp³-hybridized carbons (Fsp3) is 0.188. The summed E-state index contributed by atoms with van der Waals surface area (Å²) < 4.78 is 0. The lowest BCUT2D eigenvalue weighted by molar-refractivity contribution is -0.120. The van der Waals surface area contributed by atoms with Crippen LogP contribution in [0.4, 0.5) is 5.82 Å². The van der Waals surface area contributed by atoms with Gasteiger partial charge in [-0.05, 0) is 35.7 Å². The number of carboxylic acid groups (broad SMARTS) is 1. The first-order valence-corrected chi connectivity index (χ1v) is 7.68. The minimum atomic E-state index is -1.91. The third-order valence-corrected chi connectivity index (χ3v) is 3.71. The van der Waals surface area contributed by atoms with Crippen LogP contribution < -0.4 is 11.1 Å². The number of rotatable bonds is 7. The topological polar surface area (TPSA) is 166 Å². The molecule has 0 bridgehead atoms. The summed E-state index contributed by atoms with van der Waals surface area (Å²) in [5, 5.41) is 40.5. The summed E-state index contributed by atoms with van der Waals surface area (Å²) in [6.07, 6.45) is 1.22. The number of hydrogen-bond acceptors (Lipinski definition) is 7. The van der Waals surface area contributed by atoms with E-state index in [4.69, 9.17) is 10.8 Å². The number of pyridine rings is 1. The van der Waals surface area contributed by atoms with Crippen LogP contribution in [0.3, 0.4) is 0 Å². The van der Waals surface area contributed by atoms with E-state index in [2.05, 4.69) is 10.3 Å². The SMILES string of the molecule is Nc1cc(CC(=O)N[C@@H](Cc2cccc(C(=O)O)c2O)B(O)O)ccn1. The zero-order valence-corrected chi connectivity index (χ0v) is 13.7. The van der Waals surface area contributed by atoms with Gasteiger partial charge < -0.3 is 31.3 Å². The lowest BCUT2D eigenvalue weighted by atomic mass is 9.75. The van der Waals surface area contributed by atoms with Gasteiger partial charge >= 0.3 is 13.1 Å². The maximum atomic E-state index is 12.1. The molecule has 0 saturated heterocycles. The third-order valence-electron chi connectivity index (χ3n) is 3.71. The highest BCUT2D eigenvalue weighted by Gasteiger charge is 2.27. The van der Waals surface area contributed by atoms with E-state index < -0.39 is 30.7 Å². The number of nitrogens with one attached hydrogen (secondary N) is 1. The fourth-order valence-corrected chi connectivity index (χ4v) is 2.44. The zero-order valence-electron chi connectivity index (χ0n) is 13.7. The summed E-state index contributed by atoms with van der Waals surface area (Å²) in [4.78, 5) is 27.0. The van der Waals surface area contributed by atoms with Gasteiger partial charge in [0.05, 0.1) is 12.4 Å². The van der Waals surface area contributed by atoms with Crippen LogP contribution in [-0.2, 0) is 17.6 Å². The Kier molecular flexibility index (Phi) is 6.15. The summed E-state index contributed by atoms with van der Waals surface area (Å²) in [6.45, 7) is 0. The normalized spacial score (nSPS) is 11.6. The monoisotopic (exact) mass is 359 g/mol. The number of aromatic nitrogens is 1. The number of nitrogens with two attached hydrogens (primary N) is 1. The van der Waals surface area contributed by atoms with Gasteiger partial charge in [0, 0.05) is 6.20 Å². The zero-order chi connectivity index (χ0) is 19.3. The van der Waals surface area contributed by atoms with Crippen LogP contribution in [0, 0.1) is 0 Å². The van der Waals surface area contributed by atoms with E-state index in [0.29, 0.717) is 5.56 Å². The molecule has 2 aromatic rings. The number of aromatic hydroxyl groups is 1. The Labute approximate surface area is 149 Å². The quantitative estimate of drug-likeness (QED) is 0.355. The van der Waals surface area contributed by atoms with Gasteiger partial charge in [-0.25, -0.2) is 9.78 Å². The van der Waals surface area contributed by atoms with Crippen molar-refractivity contribution >= 4 is 24.8 Å². The third kappa shape index (κ3) is 4.95. The molecule has 10 heteroatoms. The van der Waals surface area contributed by atoms with Crippen molar-refractivity contribution in [3.8, 4) is 5.75 Å². The molecule has 9 nitrogen and oxygen atoms in total. The van der Waals surface area contributed by atoms with Crippen molar-refractivity contribution in [3.63, 3.8) is 0 Å². The van der Waals surface area contributed by atoms with Gasteiger partial charge in [-0.2, -0.15) is 0 Å². The predicted octanol–water partition coefficient (Wildman–Crippen LogP) is -0.650. The lowest BCUT2D eigenvalue weighted by Gasteiger charge is -2.19. The number of amides is 1. The predicted molar refractivity (Wildman–Crippen MR) is 93.2 cm³/mol. The van der Waals surface area contributed by atoms with Crippen molar-refractivity contribution < 1.29 is 29.9 Å². The number of hydrogen-bond donors (Lipinski definition) is 6. The Morgan fingerprint density at radius 3 is 2.62 bits per heavy atom.